The molecule has 1 saturated heterocycles. The Kier molecular flexibility index (Phi) is 2.89. The summed E-state index contributed by atoms with van der Waals surface area (Å²) in [6, 6.07) is -0.494. The maximum absolute atomic E-state index is 12.9. The van der Waals surface area contributed by atoms with E-state index in [4.69, 9.17) is 0 Å². The Morgan fingerprint density at radius 3 is 2.33 bits per heavy atom. The van der Waals surface area contributed by atoms with E-state index in [-0.39, 0.29) is 29.8 Å². The summed E-state index contributed by atoms with van der Waals surface area (Å²) in [6.45, 7) is 4.94. The summed E-state index contributed by atoms with van der Waals surface area (Å²) in [6.07, 6.45) is 7.33. The van der Waals surface area contributed by atoms with E-state index < -0.39 is 0 Å². The molecule has 3 aliphatic carbocycles. The predicted octanol–water partition coefficient (Wildman–Crippen LogP) is 1.94. The molecule has 3 saturated carbocycles. The number of piperazine rings is 1. The van der Waals surface area contributed by atoms with Crippen molar-refractivity contribution in [1.29, 1.82) is 0 Å². The Labute approximate surface area is 126 Å². The zero-order valence-corrected chi connectivity index (χ0v) is 13.1. The Morgan fingerprint density at radius 1 is 1.19 bits per heavy atom. The molecule has 2 atom stereocenters. The van der Waals surface area contributed by atoms with Gasteiger partial charge in [-0.1, -0.05) is 13.8 Å². The monoisotopic (exact) mass is 290 g/mol. The van der Waals surface area contributed by atoms with Crippen LogP contribution in [0.5, 0.6) is 0 Å². The molecule has 116 valence electrons. The Morgan fingerprint density at radius 2 is 1.86 bits per heavy atom. The van der Waals surface area contributed by atoms with Crippen molar-refractivity contribution in [3.63, 3.8) is 0 Å². The van der Waals surface area contributed by atoms with E-state index in [9.17, 15) is 9.59 Å². The number of carbonyl (C=O) groups is 2. The van der Waals surface area contributed by atoms with Gasteiger partial charge in [-0.3, -0.25) is 9.59 Å². The second kappa shape index (κ2) is 4.47. The van der Waals surface area contributed by atoms with E-state index in [1.807, 2.05) is 4.90 Å². The van der Waals surface area contributed by atoms with Gasteiger partial charge >= 0.3 is 0 Å². The molecular weight excluding hydrogens is 264 g/mol. The number of nitrogens with one attached hydrogen (secondary N) is 1. The van der Waals surface area contributed by atoms with Crippen molar-refractivity contribution in [2.75, 3.05) is 6.54 Å². The number of hydrogen-bond donors (Lipinski definition) is 1. The van der Waals surface area contributed by atoms with Gasteiger partial charge in [0, 0.05) is 6.54 Å². The first kappa shape index (κ1) is 13.6. The largest absolute Gasteiger partial charge is 0.342 e. The molecule has 1 N–H and O–H groups in total. The summed E-state index contributed by atoms with van der Waals surface area (Å²) < 4.78 is 0. The molecule has 4 aliphatic rings. The van der Waals surface area contributed by atoms with Gasteiger partial charge in [-0.25, -0.2) is 0 Å². The van der Waals surface area contributed by atoms with Gasteiger partial charge < -0.3 is 10.2 Å². The van der Waals surface area contributed by atoms with Gasteiger partial charge in [-0.05, 0) is 61.7 Å². The third kappa shape index (κ3) is 2.27. The zero-order chi connectivity index (χ0) is 14.8. The lowest BCUT2D eigenvalue weighted by Gasteiger charge is -2.42. The van der Waals surface area contributed by atoms with Crippen LogP contribution >= 0.6 is 0 Å². The van der Waals surface area contributed by atoms with Crippen molar-refractivity contribution < 1.29 is 9.59 Å². The van der Waals surface area contributed by atoms with Crippen LogP contribution in [0.2, 0.25) is 0 Å². The zero-order valence-electron chi connectivity index (χ0n) is 13.1. The minimum atomic E-state index is -0.260. The molecule has 4 rings (SSSR count). The molecule has 0 aromatic heterocycles. The summed E-state index contributed by atoms with van der Waals surface area (Å²) >= 11 is 0. The molecule has 0 aromatic carbocycles. The van der Waals surface area contributed by atoms with Crippen LogP contribution in [-0.2, 0) is 9.59 Å². The molecule has 0 bridgehead atoms. The van der Waals surface area contributed by atoms with E-state index in [1.165, 1.54) is 25.7 Å². The van der Waals surface area contributed by atoms with Crippen molar-refractivity contribution >= 4 is 11.8 Å². The van der Waals surface area contributed by atoms with E-state index >= 15 is 0 Å². The van der Waals surface area contributed by atoms with Crippen molar-refractivity contribution in [2.24, 2.45) is 23.2 Å². The van der Waals surface area contributed by atoms with Crippen LogP contribution < -0.4 is 5.32 Å². The average Bonchev–Trinajstić information content (AvgIpc) is 3.23. The number of nitrogens with zero attached hydrogens (tertiary/aromatic N) is 1. The third-order valence-electron chi connectivity index (χ3n) is 6.00. The fraction of sp³-hybridized carbons (Fsp3) is 0.882. The first-order valence-corrected chi connectivity index (χ1v) is 8.63. The quantitative estimate of drug-likeness (QED) is 0.841. The fourth-order valence-corrected chi connectivity index (χ4v) is 4.24. The van der Waals surface area contributed by atoms with E-state index in [1.54, 1.807) is 0 Å². The smallest absolute Gasteiger partial charge is 0.246 e. The van der Waals surface area contributed by atoms with Crippen molar-refractivity contribution in [3.8, 4) is 0 Å². The van der Waals surface area contributed by atoms with Crippen LogP contribution in [-0.4, -0.2) is 35.3 Å². The predicted molar refractivity (Wildman–Crippen MR) is 79.4 cm³/mol. The van der Waals surface area contributed by atoms with Crippen LogP contribution in [0.1, 0.15) is 52.4 Å². The van der Waals surface area contributed by atoms with Gasteiger partial charge in [-0.2, -0.15) is 0 Å². The topological polar surface area (TPSA) is 49.4 Å². The first-order valence-electron chi connectivity index (χ1n) is 8.63. The summed E-state index contributed by atoms with van der Waals surface area (Å²) in [5, 5.41) is 3.01. The fourth-order valence-electron chi connectivity index (χ4n) is 4.24. The second-order valence-corrected chi connectivity index (χ2v) is 8.12. The molecule has 0 aromatic rings. The molecule has 1 aliphatic heterocycles. The van der Waals surface area contributed by atoms with Crippen LogP contribution in [0.3, 0.4) is 0 Å². The Bertz CT molecular complexity index is 475. The van der Waals surface area contributed by atoms with Crippen LogP contribution in [0.25, 0.3) is 0 Å². The van der Waals surface area contributed by atoms with Crippen molar-refractivity contribution in [3.05, 3.63) is 0 Å². The van der Waals surface area contributed by atoms with Crippen LogP contribution in [0, 0.1) is 23.2 Å². The van der Waals surface area contributed by atoms with Crippen LogP contribution in [0.15, 0.2) is 0 Å². The van der Waals surface area contributed by atoms with Gasteiger partial charge in [0.05, 0.1) is 0 Å². The molecule has 21 heavy (non-hydrogen) atoms. The van der Waals surface area contributed by atoms with Gasteiger partial charge in [-0.15, -0.1) is 0 Å². The molecule has 0 spiro atoms. The number of hydrogen-bond acceptors (Lipinski definition) is 2. The van der Waals surface area contributed by atoms with Gasteiger partial charge in [0.15, 0.2) is 0 Å². The highest BCUT2D eigenvalue weighted by Gasteiger charge is 2.57. The molecule has 2 unspecified atom stereocenters. The molecule has 4 nitrogen and oxygen atoms in total. The molecule has 4 heteroatoms. The van der Waals surface area contributed by atoms with E-state index in [0.717, 1.165) is 25.3 Å². The molecular formula is C17H26N2O2. The maximum Gasteiger partial charge on any atom is 0.246 e. The lowest BCUT2D eigenvalue weighted by molar-refractivity contribution is -0.153. The highest BCUT2D eigenvalue weighted by atomic mass is 16.2. The van der Waals surface area contributed by atoms with Gasteiger partial charge in [0.1, 0.15) is 12.1 Å². The second-order valence-electron chi connectivity index (χ2n) is 8.12. The normalized spacial score (nSPS) is 35.1. The molecule has 1 heterocycles. The lowest BCUT2D eigenvalue weighted by atomic mass is 9.91. The summed E-state index contributed by atoms with van der Waals surface area (Å²) in [4.78, 5) is 27.4. The lowest BCUT2D eigenvalue weighted by Crippen LogP contribution is -2.66. The minimum absolute atomic E-state index is 0.0769. The van der Waals surface area contributed by atoms with Crippen molar-refractivity contribution in [1.82, 2.24) is 10.2 Å². The summed E-state index contributed by atoms with van der Waals surface area (Å²) in [5.74, 6) is 1.68. The van der Waals surface area contributed by atoms with E-state index in [0.29, 0.717) is 11.3 Å². The standard InChI is InChI=1S/C17H26N2O2/c1-10(2)14-15(20)18-13(11-3-4-11)16(21)19(14)9-17(7-8-17)12-5-6-12/h10-14H,3-9H2,1-2H3,(H,18,20). The molecule has 0 radical (unpaired) electrons. The van der Waals surface area contributed by atoms with Crippen molar-refractivity contribution in [2.45, 2.75) is 64.5 Å². The highest BCUT2D eigenvalue weighted by Crippen LogP contribution is 2.61. The first-order chi connectivity index (χ1) is 10.0. The summed E-state index contributed by atoms with van der Waals surface area (Å²) in [5.41, 5.74) is 0.370. The Balaban J connectivity index is 1.58. The highest BCUT2D eigenvalue weighted by molar-refractivity contribution is 5.97. The third-order valence-corrected chi connectivity index (χ3v) is 6.00. The summed E-state index contributed by atoms with van der Waals surface area (Å²) in [7, 11) is 0. The van der Waals surface area contributed by atoms with Gasteiger partial charge in [0.25, 0.3) is 0 Å². The van der Waals surface area contributed by atoms with Crippen LogP contribution in [0.4, 0.5) is 0 Å². The SMILES string of the molecule is CC(C)C1C(=O)NC(C2CC2)C(=O)N1CC1(C2CC2)CC1. The average molecular weight is 290 g/mol. The number of carbonyl (C=O) groups excluding carboxylic acids is 2. The molecule has 4 fully saturated rings. The van der Waals surface area contributed by atoms with Gasteiger partial charge in [0.2, 0.25) is 11.8 Å². The maximum atomic E-state index is 12.9. The number of amides is 2. The minimum Gasteiger partial charge on any atom is -0.342 e. The number of rotatable bonds is 5. The molecule has 2 amide bonds. The Hall–Kier alpha value is -1.06. The van der Waals surface area contributed by atoms with E-state index in [2.05, 4.69) is 19.2 Å².